The number of benzene rings is 1. The third-order valence-electron chi connectivity index (χ3n) is 6.96. The first kappa shape index (κ1) is 18.9. The van der Waals surface area contributed by atoms with Crippen molar-refractivity contribution in [1.29, 1.82) is 0 Å². The van der Waals surface area contributed by atoms with Crippen molar-refractivity contribution in [3.8, 4) is 11.5 Å². The van der Waals surface area contributed by atoms with Gasteiger partial charge in [-0.2, -0.15) is 0 Å². The molecule has 3 heterocycles. The Bertz CT molecular complexity index is 931. The first-order chi connectivity index (χ1) is 14.0. The summed E-state index contributed by atoms with van der Waals surface area (Å²) in [7, 11) is 3.87. The van der Waals surface area contributed by atoms with E-state index in [1.54, 1.807) is 18.8 Å². The van der Waals surface area contributed by atoms with E-state index in [9.17, 15) is 4.79 Å². The molecule has 6 nitrogen and oxygen atoms in total. The van der Waals surface area contributed by atoms with Crippen molar-refractivity contribution >= 4 is 17.3 Å². The highest BCUT2D eigenvalue weighted by molar-refractivity contribution is 7.11. The van der Waals surface area contributed by atoms with Gasteiger partial charge >= 0.3 is 5.97 Å². The third kappa shape index (κ3) is 2.86. The van der Waals surface area contributed by atoms with Gasteiger partial charge in [0.05, 0.1) is 18.8 Å². The highest BCUT2D eigenvalue weighted by Gasteiger charge is 2.58. The minimum atomic E-state index is -0.282. The zero-order valence-corrected chi connectivity index (χ0v) is 17.8. The molecule has 7 heteroatoms. The Morgan fingerprint density at radius 2 is 2.24 bits per heavy atom. The summed E-state index contributed by atoms with van der Waals surface area (Å²) in [6, 6.07) is 4.21. The lowest BCUT2D eigenvalue weighted by atomic mass is 9.59. The van der Waals surface area contributed by atoms with Crippen LogP contribution in [0, 0.1) is 5.92 Å². The molecule has 0 saturated heterocycles. The Balaban J connectivity index is 1.49. The summed E-state index contributed by atoms with van der Waals surface area (Å²) >= 11 is 1.31. The molecule has 1 aromatic carbocycles. The van der Waals surface area contributed by atoms with Gasteiger partial charge in [-0.25, -0.2) is 4.79 Å². The molecule has 1 spiro atoms. The fraction of sp³-hybridized carbons (Fsp3) is 0.545. The van der Waals surface area contributed by atoms with Crippen LogP contribution in [0.1, 0.15) is 47.0 Å². The zero-order valence-electron chi connectivity index (χ0n) is 17.0. The van der Waals surface area contributed by atoms with Gasteiger partial charge in [0.15, 0.2) is 11.5 Å². The van der Waals surface area contributed by atoms with Crippen molar-refractivity contribution in [3.63, 3.8) is 0 Å². The van der Waals surface area contributed by atoms with Crippen molar-refractivity contribution in [1.82, 2.24) is 9.88 Å². The van der Waals surface area contributed by atoms with E-state index in [1.165, 1.54) is 22.5 Å². The quantitative estimate of drug-likeness (QED) is 0.715. The highest BCUT2D eigenvalue weighted by atomic mass is 32.1. The van der Waals surface area contributed by atoms with Gasteiger partial charge in [-0.3, -0.25) is 4.98 Å². The van der Waals surface area contributed by atoms with Gasteiger partial charge in [-0.05, 0) is 44.0 Å². The van der Waals surface area contributed by atoms with Gasteiger partial charge in [0.25, 0.3) is 0 Å². The lowest BCUT2D eigenvalue weighted by Crippen LogP contribution is -2.52. The topological polar surface area (TPSA) is 60.9 Å². The molecular weight excluding hydrogens is 388 g/mol. The summed E-state index contributed by atoms with van der Waals surface area (Å²) in [5.41, 5.74) is 4.25. The minimum absolute atomic E-state index is 0.0120. The fourth-order valence-corrected chi connectivity index (χ4v) is 6.10. The Hall–Kier alpha value is -2.12. The predicted molar refractivity (Wildman–Crippen MR) is 110 cm³/mol. The Labute approximate surface area is 174 Å². The van der Waals surface area contributed by atoms with Gasteiger partial charge < -0.3 is 19.1 Å². The van der Waals surface area contributed by atoms with E-state index < -0.39 is 0 Å². The molecule has 4 atom stereocenters. The molecule has 0 N–H and O–H groups in total. The second kappa shape index (κ2) is 6.99. The lowest BCUT2D eigenvalue weighted by molar-refractivity contribution is -0.0375. The molecular formula is C22H26N2O4S. The highest BCUT2D eigenvalue weighted by Crippen LogP contribution is 2.59. The molecule has 0 radical (unpaired) electrons. The monoisotopic (exact) mass is 414 g/mol. The van der Waals surface area contributed by atoms with Crippen molar-refractivity contribution in [2.75, 3.05) is 20.7 Å². The maximum atomic E-state index is 12.5. The second-order valence-electron chi connectivity index (χ2n) is 8.53. The molecule has 29 heavy (non-hydrogen) atoms. The average molecular weight is 415 g/mol. The summed E-state index contributed by atoms with van der Waals surface area (Å²) in [5, 5.41) is 0. The number of carbonyl (C=O) groups is 1. The summed E-state index contributed by atoms with van der Waals surface area (Å²) in [4.78, 5) is 19.4. The maximum Gasteiger partial charge on any atom is 0.350 e. The van der Waals surface area contributed by atoms with Crippen LogP contribution in [0.15, 0.2) is 23.8 Å². The van der Waals surface area contributed by atoms with Crippen LogP contribution in [-0.4, -0.2) is 48.8 Å². The number of hydrogen-bond donors (Lipinski definition) is 0. The summed E-state index contributed by atoms with van der Waals surface area (Å²) < 4.78 is 18.1. The molecule has 3 aliphatic rings. The zero-order chi connectivity index (χ0) is 20.2. The van der Waals surface area contributed by atoms with Crippen LogP contribution in [-0.2, 0) is 16.7 Å². The van der Waals surface area contributed by atoms with Gasteiger partial charge in [0.1, 0.15) is 17.1 Å². The van der Waals surface area contributed by atoms with Gasteiger partial charge in [-0.15, -0.1) is 11.3 Å². The molecule has 0 amide bonds. The van der Waals surface area contributed by atoms with E-state index in [-0.39, 0.29) is 23.6 Å². The van der Waals surface area contributed by atoms with E-state index in [0.717, 1.165) is 37.4 Å². The number of nitrogens with zero attached hydrogens (tertiary/aromatic N) is 2. The molecule has 2 aliphatic heterocycles. The van der Waals surface area contributed by atoms with Crippen LogP contribution in [0.5, 0.6) is 11.5 Å². The number of thiazole rings is 1. The molecule has 1 fully saturated rings. The SMILES string of the molecule is COc1ccc2c3c1OC1C[C@@H](OC(=O)c4cncs4)CC(C)[C@@]31CCN(C)C2. The van der Waals surface area contributed by atoms with Gasteiger partial charge in [0, 0.05) is 23.9 Å². The molecule has 2 unspecified atom stereocenters. The van der Waals surface area contributed by atoms with Crippen LogP contribution in [0.3, 0.4) is 0 Å². The van der Waals surface area contributed by atoms with Gasteiger partial charge in [0.2, 0.25) is 0 Å². The summed E-state index contributed by atoms with van der Waals surface area (Å²) in [6.07, 6.45) is 3.99. The number of carbonyl (C=O) groups excluding carboxylic acids is 1. The van der Waals surface area contributed by atoms with E-state index >= 15 is 0 Å². The third-order valence-corrected chi connectivity index (χ3v) is 7.71. The van der Waals surface area contributed by atoms with Crippen LogP contribution >= 0.6 is 11.3 Å². The van der Waals surface area contributed by atoms with E-state index in [0.29, 0.717) is 17.2 Å². The molecule has 2 aromatic rings. The molecule has 1 aromatic heterocycles. The molecule has 1 saturated carbocycles. The Morgan fingerprint density at radius 3 is 3.00 bits per heavy atom. The first-order valence-electron chi connectivity index (χ1n) is 10.2. The number of rotatable bonds is 3. The second-order valence-corrected chi connectivity index (χ2v) is 9.42. The van der Waals surface area contributed by atoms with Crippen LogP contribution in [0.4, 0.5) is 0 Å². The summed E-state index contributed by atoms with van der Waals surface area (Å²) in [5.74, 6) is 1.74. The molecule has 1 aliphatic carbocycles. The molecule has 5 rings (SSSR count). The fourth-order valence-electron chi connectivity index (χ4n) is 5.59. The smallest absolute Gasteiger partial charge is 0.350 e. The standard InChI is InChI=1S/C22H26N2O4S/c1-13-8-15(27-21(25)17-10-23-12-29-17)9-18-22(13)6-7-24(2)11-14-4-5-16(26-3)20(28-18)19(14)22/h4-5,10,12-13,15,18H,6-9,11H2,1-3H3/t13?,15-,18?,22+/m0/s1. The van der Waals surface area contributed by atoms with Crippen molar-refractivity contribution in [2.24, 2.45) is 5.92 Å². The number of ether oxygens (including phenoxy) is 3. The molecule has 154 valence electrons. The number of esters is 1. The maximum absolute atomic E-state index is 12.5. The van der Waals surface area contributed by atoms with Crippen LogP contribution in [0.2, 0.25) is 0 Å². The minimum Gasteiger partial charge on any atom is -0.493 e. The van der Waals surface area contributed by atoms with Gasteiger partial charge in [-0.1, -0.05) is 13.0 Å². The van der Waals surface area contributed by atoms with E-state index in [2.05, 4.69) is 29.9 Å². The lowest BCUT2D eigenvalue weighted by Gasteiger charge is -2.46. The number of methoxy groups -OCH3 is 1. The van der Waals surface area contributed by atoms with Crippen LogP contribution < -0.4 is 9.47 Å². The summed E-state index contributed by atoms with van der Waals surface area (Å²) in [6.45, 7) is 4.22. The number of hydrogen-bond acceptors (Lipinski definition) is 7. The van der Waals surface area contributed by atoms with Crippen molar-refractivity contribution in [2.45, 2.75) is 50.4 Å². The van der Waals surface area contributed by atoms with Crippen molar-refractivity contribution in [3.05, 3.63) is 39.8 Å². The first-order valence-corrected chi connectivity index (χ1v) is 11.1. The largest absolute Gasteiger partial charge is 0.493 e. The average Bonchev–Trinajstić information content (AvgIpc) is 3.30. The molecule has 0 bridgehead atoms. The van der Waals surface area contributed by atoms with E-state index in [1.807, 2.05) is 6.07 Å². The Kier molecular flexibility index (Phi) is 4.55. The number of aromatic nitrogens is 1. The normalized spacial score (nSPS) is 30.7. The van der Waals surface area contributed by atoms with E-state index in [4.69, 9.17) is 14.2 Å². The predicted octanol–water partition coefficient (Wildman–Crippen LogP) is 3.64. The van der Waals surface area contributed by atoms with Crippen LogP contribution in [0.25, 0.3) is 0 Å². The van der Waals surface area contributed by atoms with Crippen molar-refractivity contribution < 1.29 is 19.0 Å². The Morgan fingerprint density at radius 1 is 1.38 bits per heavy atom.